The SMILES string of the molecule is CNC(O)N(Cc1cc(F)c(F)c(B(O)O)c1)C(=O)c1cc(F)cc(B(O)O)c1. The number of halogens is 3. The zero-order chi connectivity index (χ0) is 21.9. The van der Waals surface area contributed by atoms with Gasteiger partial charge < -0.3 is 25.2 Å². The average molecular weight is 412 g/mol. The van der Waals surface area contributed by atoms with Crippen molar-refractivity contribution in [1.82, 2.24) is 10.2 Å². The van der Waals surface area contributed by atoms with E-state index in [-0.39, 0.29) is 16.6 Å². The maximum Gasteiger partial charge on any atom is 0.491 e. The van der Waals surface area contributed by atoms with Crippen LogP contribution in [0.3, 0.4) is 0 Å². The van der Waals surface area contributed by atoms with E-state index in [9.17, 15) is 33.1 Å². The van der Waals surface area contributed by atoms with Gasteiger partial charge in [0.15, 0.2) is 18.0 Å². The lowest BCUT2D eigenvalue weighted by atomic mass is 9.79. The van der Waals surface area contributed by atoms with Crippen molar-refractivity contribution in [3.8, 4) is 0 Å². The van der Waals surface area contributed by atoms with Gasteiger partial charge in [0.2, 0.25) is 0 Å². The maximum atomic E-state index is 13.8. The van der Waals surface area contributed by atoms with Crippen molar-refractivity contribution >= 4 is 31.1 Å². The second-order valence-electron chi connectivity index (χ2n) is 6.10. The molecule has 6 N–H and O–H groups in total. The summed E-state index contributed by atoms with van der Waals surface area (Å²) in [4.78, 5) is 13.5. The van der Waals surface area contributed by atoms with Crippen LogP contribution in [-0.2, 0) is 6.54 Å². The third-order valence-electron chi connectivity index (χ3n) is 4.03. The van der Waals surface area contributed by atoms with Crippen molar-refractivity contribution in [3.05, 3.63) is 58.9 Å². The highest BCUT2D eigenvalue weighted by molar-refractivity contribution is 6.59. The Morgan fingerprint density at radius 2 is 1.72 bits per heavy atom. The lowest BCUT2D eigenvalue weighted by Gasteiger charge is -2.28. The fourth-order valence-electron chi connectivity index (χ4n) is 2.62. The zero-order valence-electron chi connectivity index (χ0n) is 15.1. The number of aliphatic hydroxyl groups excluding tert-OH is 1. The molecule has 0 aliphatic rings. The minimum Gasteiger partial charge on any atom is -0.423 e. The Balaban J connectivity index is 2.45. The van der Waals surface area contributed by atoms with E-state index in [1.54, 1.807) is 0 Å². The van der Waals surface area contributed by atoms with Gasteiger partial charge in [-0.15, -0.1) is 0 Å². The van der Waals surface area contributed by atoms with E-state index in [1.807, 2.05) is 0 Å². The smallest absolute Gasteiger partial charge is 0.423 e. The number of aliphatic hydroxyl groups is 1. The van der Waals surface area contributed by atoms with Gasteiger partial charge in [-0.25, -0.2) is 13.2 Å². The summed E-state index contributed by atoms with van der Waals surface area (Å²) < 4.78 is 41.2. The Hall–Kier alpha value is -2.41. The molecule has 0 saturated carbocycles. The molecule has 0 saturated heterocycles. The van der Waals surface area contributed by atoms with E-state index < -0.39 is 56.0 Å². The molecule has 0 aromatic heterocycles. The van der Waals surface area contributed by atoms with E-state index in [0.29, 0.717) is 11.0 Å². The number of hydrogen-bond acceptors (Lipinski definition) is 7. The molecule has 0 aliphatic carbocycles. The second-order valence-corrected chi connectivity index (χ2v) is 6.10. The molecule has 29 heavy (non-hydrogen) atoms. The highest BCUT2D eigenvalue weighted by Crippen LogP contribution is 2.15. The van der Waals surface area contributed by atoms with Gasteiger partial charge in [0.05, 0.1) is 0 Å². The quantitative estimate of drug-likeness (QED) is 0.221. The Morgan fingerprint density at radius 3 is 2.28 bits per heavy atom. The molecule has 0 fully saturated rings. The molecule has 154 valence electrons. The third kappa shape index (κ3) is 5.35. The summed E-state index contributed by atoms with van der Waals surface area (Å²) in [5.74, 6) is -4.82. The van der Waals surface area contributed by atoms with Crippen LogP contribution in [0.15, 0.2) is 30.3 Å². The minimum atomic E-state index is -2.32. The molecule has 0 radical (unpaired) electrons. The predicted octanol–water partition coefficient (Wildman–Crippen LogP) is -2.40. The second kappa shape index (κ2) is 9.39. The number of benzene rings is 2. The molecule has 2 aromatic rings. The number of carbonyl (C=O) groups excluding carboxylic acids is 1. The van der Waals surface area contributed by atoms with Crippen molar-refractivity contribution in [1.29, 1.82) is 0 Å². The van der Waals surface area contributed by atoms with Crippen LogP contribution in [0.4, 0.5) is 13.2 Å². The first-order chi connectivity index (χ1) is 13.5. The van der Waals surface area contributed by atoms with Crippen molar-refractivity contribution in [2.75, 3.05) is 7.05 Å². The molecule has 0 bridgehead atoms. The number of nitrogens with one attached hydrogen (secondary N) is 1. The summed E-state index contributed by atoms with van der Waals surface area (Å²) in [5.41, 5.74) is -1.55. The van der Waals surface area contributed by atoms with Gasteiger partial charge in [-0.3, -0.25) is 15.0 Å². The summed E-state index contributed by atoms with van der Waals surface area (Å²) in [6.07, 6.45) is -1.65. The molecule has 13 heteroatoms. The van der Waals surface area contributed by atoms with E-state index in [4.69, 9.17) is 10.0 Å². The van der Waals surface area contributed by atoms with E-state index in [1.165, 1.54) is 7.05 Å². The lowest BCUT2D eigenvalue weighted by molar-refractivity contribution is -0.0111. The van der Waals surface area contributed by atoms with Crippen LogP contribution in [-0.4, -0.2) is 63.6 Å². The molecular formula is C16H17B2F3N2O6. The van der Waals surface area contributed by atoms with E-state index in [2.05, 4.69) is 5.32 Å². The van der Waals surface area contributed by atoms with Gasteiger partial charge in [0.1, 0.15) is 5.82 Å². The number of amides is 1. The standard InChI is InChI=1S/C16H17B2F3N2O6/c1-22-16(25)23(7-8-2-12(18(28)29)14(21)13(20)3-8)15(24)9-4-10(17(26)27)6-11(19)5-9/h2-6,16,22,25-29H,7H2,1H3. The number of rotatable bonds is 7. The van der Waals surface area contributed by atoms with Gasteiger partial charge in [-0.2, -0.15) is 0 Å². The van der Waals surface area contributed by atoms with Crippen LogP contribution in [0.2, 0.25) is 0 Å². The Morgan fingerprint density at radius 1 is 1.07 bits per heavy atom. The molecule has 2 aromatic carbocycles. The summed E-state index contributed by atoms with van der Waals surface area (Å²) >= 11 is 0. The monoisotopic (exact) mass is 412 g/mol. The molecule has 1 amide bonds. The molecule has 2 rings (SSSR count). The van der Waals surface area contributed by atoms with Gasteiger partial charge in [-0.05, 0) is 42.3 Å². The van der Waals surface area contributed by atoms with Crippen LogP contribution in [0.5, 0.6) is 0 Å². The fraction of sp³-hybridized carbons (Fsp3) is 0.188. The Kier molecular flexibility index (Phi) is 7.41. The minimum absolute atomic E-state index is 0.103. The van der Waals surface area contributed by atoms with E-state index >= 15 is 0 Å². The average Bonchev–Trinajstić information content (AvgIpc) is 2.66. The summed E-state index contributed by atoms with van der Waals surface area (Å²) in [7, 11) is -3.09. The van der Waals surface area contributed by atoms with Crippen LogP contribution in [0.25, 0.3) is 0 Å². The maximum absolute atomic E-state index is 13.8. The first-order valence-electron chi connectivity index (χ1n) is 8.22. The molecule has 8 nitrogen and oxygen atoms in total. The van der Waals surface area contributed by atoms with E-state index in [0.717, 1.165) is 24.3 Å². The van der Waals surface area contributed by atoms with Crippen LogP contribution in [0, 0.1) is 17.5 Å². The largest absolute Gasteiger partial charge is 0.491 e. The molecule has 1 unspecified atom stereocenters. The predicted molar refractivity (Wildman–Crippen MR) is 97.3 cm³/mol. The summed E-state index contributed by atoms with van der Waals surface area (Å²) in [6, 6.07) is 4.15. The van der Waals surface area contributed by atoms with Gasteiger partial charge in [-0.1, -0.05) is 6.07 Å². The van der Waals surface area contributed by atoms with Crippen molar-refractivity contribution in [2.45, 2.75) is 12.9 Å². The van der Waals surface area contributed by atoms with Crippen LogP contribution < -0.4 is 16.2 Å². The summed E-state index contributed by atoms with van der Waals surface area (Å²) in [5, 5.41) is 49.2. The van der Waals surface area contributed by atoms with Crippen molar-refractivity contribution in [2.24, 2.45) is 0 Å². The molecule has 1 atom stereocenters. The highest BCUT2D eigenvalue weighted by atomic mass is 19.2. The first kappa shape index (κ1) is 22.9. The molecule has 0 spiro atoms. The first-order valence-corrected chi connectivity index (χ1v) is 8.22. The third-order valence-corrected chi connectivity index (χ3v) is 4.03. The topological polar surface area (TPSA) is 133 Å². The van der Waals surface area contributed by atoms with Gasteiger partial charge in [0, 0.05) is 17.6 Å². The van der Waals surface area contributed by atoms with Crippen molar-refractivity contribution < 1.29 is 43.2 Å². The fourth-order valence-corrected chi connectivity index (χ4v) is 2.62. The van der Waals surface area contributed by atoms with Crippen LogP contribution >= 0.6 is 0 Å². The van der Waals surface area contributed by atoms with Gasteiger partial charge >= 0.3 is 14.2 Å². The lowest BCUT2D eigenvalue weighted by Crippen LogP contribution is -2.47. The molecular weight excluding hydrogens is 395 g/mol. The number of carbonyl (C=O) groups is 1. The van der Waals surface area contributed by atoms with Gasteiger partial charge in [0.25, 0.3) is 5.91 Å². The normalized spacial score (nSPS) is 11.9. The Bertz CT molecular complexity index is 903. The number of nitrogens with zero attached hydrogens (tertiary/aromatic N) is 1. The molecule has 0 heterocycles. The summed E-state index contributed by atoms with van der Waals surface area (Å²) in [6.45, 7) is -0.536. The Labute approximate surface area is 164 Å². The number of hydrogen-bond donors (Lipinski definition) is 6. The highest BCUT2D eigenvalue weighted by Gasteiger charge is 2.27. The van der Waals surface area contributed by atoms with Crippen molar-refractivity contribution in [3.63, 3.8) is 0 Å². The zero-order valence-corrected chi connectivity index (χ0v) is 15.1. The van der Waals surface area contributed by atoms with Crippen LogP contribution in [0.1, 0.15) is 15.9 Å². The molecule has 0 aliphatic heterocycles.